The number of para-hydroxylation sites is 1. The second kappa shape index (κ2) is 5.34. The Labute approximate surface area is 141 Å². The van der Waals surface area contributed by atoms with E-state index in [1.807, 2.05) is 48.1 Å². The molecule has 0 aliphatic carbocycles. The fourth-order valence-corrected chi connectivity index (χ4v) is 3.54. The molecule has 0 atom stereocenters. The van der Waals surface area contributed by atoms with Gasteiger partial charge in [-0.25, -0.2) is 9.67 Å². The van der Waals surface area contributed by atoms with Gasteiger partial charge in [0.25, 0.3) is 0 Å². The van der Waals surface area contributed by atoms with Crippen LogP contribution < -0.4 is 0 Å². The predicted molar refractivity (Wildman–Crippen MR) is 97.1 cm³/mol. The Morgan fingerprint density at radius 3 is 2.21 bits per heavy atom. The van der Waals surface area contributed by atoms with Crippen molar-refractivity contribution in [2.24, 2.45) is 0 Å². The summed E-state index contributed by atoms with van der Waals surface area (Å²) >= 11 is 0. The van der Waals surface area contributed by atoms with Crippen molar-refractivity contribution in [1.29, 1.82) is 0 Å². The van der Waals surface area contributed by atoms with Crippen LogP contribution in [0.2, 0.25) is 0 Å². The number of hydrogen-bond acceptors (Lipinski definition) is 2. The lowest BCUT2D eigenvalue weighted by Gasteiger charge is -2.14. The second-order valence-electron chi connectivity index (χ2n) is 6.34. The van der Waals surface area contributed by atoms with Crippen molar-refractivity contribution < 1.29 is 0 Å². The summed E-state index contributed by atoms with van der Waals surface area (Å²) in [5.41, 5.74) is 7.93. The molecule has 0 fully saturated rings. The summed E-state index contributed by atoms with van der Waals surface area (Å²) in [5, 5.41) is 4.56. The Morgan fingerprint density at radius 1 is 0.875 bits per heavy atom. The highest BCUT2D eigenvalue weighted by molar-refractivity contribution is 5.77. The minimum atomic E-state index is 0.887. The van der Waals surface area contributed by atoms with Gasteiger partial charge < -0.3 is 0 Å². The normalized spacial score (nSPS) is 11.3. The quantitative estimate of drug-likeness (QED) is 0.548. The van der Waals surface area contributed by atoms with Crippen LogP contribution in [0, 0.1) is 27.7 Å². The van der Waals surface area contributed by atoms with Gasteiger partial charge in [-0.1, -0.05) is 35.9 Å². The van der Waals surface area contributed by atoms with Crippen LogP contribution in [-0.4, -0.2) is 19.3 Å². The zero-order chi connectivity index (χ0) is 16.8. The molecule has 0 saturated heterocycles. The average Bonchev–Trinajstić information content (AvgIpc) is 3.07. The summed E-state index contributed by atoms with van der Waals surface area (Å²) in [4.78, 5) is 4.79. The van der Waals surface area contributed by atoms with Crippen LogP contribution in [0.15, 0.2) is 48.7 Å². The van der Waals surface area contributed by atoms with Crippen LogP contribution in [0.25, 0.3) is 22.5 Å². The van der Waals surface area contributed by atoms with Gasteiger partial charge in [0.05, 0.1) is 17.6 Å². The molecular formula is C20H20N4. The Kier molecular flexibility index (Phi) is 3.27. The van der Waals surface area contributed by atoms with Gasteiger partial charge in [-0.2, -0.15) is 5.10 Å². The van der Waals surface area contributed by atoms with Crippen molar-refractivity contribution in [1.82, 2.24) is 19.3 Å². The summed E-state index contributed by atoms with van der Waals surface area (Å²) in [6.07, 6.45) is 1.90. The SMILES string of the molecule is Cc1cc(C)c(-n2c(C)nc3c2cnn3-c2ccccc2)c(C)c1. The van der Waals surface area contributed by atoms with Crippen LogP contribution in [0.4, 0.5) is 0 Å². The molecule has 2 heterocycles. The molecule has 0 N–H and O–H groups in total. The Balaban J connectivity index is 1.99. The number of rotatable bonds is 2. The minimum absolute atomic E-state index is 0.887. The lowest BCUT2D eigenvalue weighted by atomic mass is 10.0. The van der Waals surface area contributed by atoms with Crippen molar-refractivity contribution in [2.45, 2.75) is 27.7 Å². The lowest BCUT2D eigenvalue weighted by molar-refractivity contribution is 0.883. The zero-order valence-electron chi connectivity index (χ0n) is 14.4. The van der Waals surface area contributed by atoms with E-state index in [2.05, 4.69) is 42.6 Å². The molecule has 0 radical (unpaired) electrons. The number of benzene rings is 2. The van der Waals surface area contributed by atoms with Gasteiger partial charge in [0.15, 0.2) is 5.65 Å². The highest BCUT2D eigenvalue weighted by atomic mass is 15.3. The Morgan fingerprint density at radius 2 is 1.54 bits per heavy atom. The molecule has 24 heavy (non-hydrogen) atoms. The third-order valence-corrected chi connectivity index (χ3v) is 4.42. The molecule has 0 aliphatic heterocycles. The zero-order valence-corrected chi connectivity index (χ0v) is 14.4. The first-order chi connectivity index (χ1) is 11.6. The van der Waals surface area contributed by atoms with Gasteiger partial charge in [0.2, 0.25) is 0 Å². The summed E-state index contributed by atoms with van der Waals surface area (Å²) < 4.78 is 4.11. The van der Waals surface area contributed by atoms with E-state index < -0.39 is 0 Å². The van der Waals surface area contributed by atoms with E-state index >= 15 is 0 Å². The molecule has 0 bridgehead atoms. The number of fused-ring (bicyclic) bond motifs is 1. The van der Waals surface area contributed by atoms with Crippen LogP contribution in [0.5, 0.6) is 0 Å². The maximum atomic E-state index is 4.79. The molecule has 2 aromatic carbocycles. The minimum Gasteiger partial charge on any atom is -0.293 e. The summed E-state index contributed by atoms with van der Waals surface area (Å²) in [6, 6.07) is 14.6. The standard InChI is InChI=1S/C20H20N4/c1-13-10-14(2)19(15(3)11-13)23-16(4)22-20-18(23)12-21-24(20)17-8-6-5-7-9-17/h5-12H,1-4H3. The first-order valence-corrected chi connectivity index (χ1v) is 8.13. The fourth-order valence-electron chi connectivity index (χ4n) is 3.54. The van der Waals surface area contributed by atoms with Gasteiger partial charge in [0.1, 0.15) is 11.3 Å². The smallest absolute Gasteiger partial charge is 0.181 e. The third-order valence-electron chi connectivity index (χ3n) is 4.42. The van der Waals surface area contributed by atoms with E-state index in [9.17, 15) is 0 Å². The maximum Gasteiger partial charge on any atom is 0.181 e. The Hall–Kier alpha value is -2.88. The summed E-state index contributed by atoms with van der Waals surface area (Å²) in [7, 11) is 0. The van der Waals surface area contributed by atoms with E-state index in [0.29, 0.717) is 0 Å². The predicted octanol–water partition coefficient (Wildman–Crippen LogP) is 4.44. The molecule has 2 aromatic heterocycles. The topological polar surface area (TPSA) is 35.6 Å². The maximum absolute atomic E-state index is 4.79. The molecular weight excluding hydrogens is 296 g/mol. The fraction of sp³-hybridized carbons (Fsp3) is 0.200. The number of nitrogens with zero attached hydrogens (tertiary/aromatic N) is 4. The molecule has 0 aliphatic rings. The molecule has 0 spiro atoms. The van der Waals surface area contributed by atoms with Crippen molar-refractivity contribution in [2.75, 3.05) is 0 Å². The number of aryl methyl sites for hydroxylation is 4. The van der Waals surface area contributed by atoms with E-state index in [1.54, 1.807) is 0 Å². The molecule has 0 amide bonds. The van der Waals surface area contributed by atoms with E-state index in [4.69, 9.17) is 4.98 Å². The van der Waals surface area contributed by atoms with Gasteiger partial charge in [-0.3, -0.25) is 4.57 Å². The second-order valence-corrected chi connectivity index (χ2v) is 6.34. The van der Waals surface area contributed by atoms with Crippen molar-refractivity contribution in [3.63, 3.8) is 0 Å². The number of hydrogen-bond donors (Lipinski definition) is 0. The largest absolute Gasteiger partial charge is 0.293 e. The van der Waals surface area contributed by atoms with Crippen molar-refractivity contribution in [3.8, 4) is 11.4 Å². The molecule has 120 valence electrons. The third kappa shape index (κ3) is 2.14. The van der Waals surface area contributed by atoms with Crippen molar-refractivity contribution >= 4 is 11.2 Å². The highest BCUT2D eigenvalue weighted by Gasteiger charge is 2.17. The van der Waals surface area contributed by atoms with Gasteiger partial charge in [0, 0.05) is 0 Å². The summed E-state index contributed by atoms with van der Waals surface area (Å²) in [6.45, 7) is 8.49. The van der Waals surface area contributed by atoms with Crippen LogP contribution in [0.1, 0.15) is 22.5 Å². The Bertz CT molecular complexity index is 1020. The molecule has 4 aromatic rings. The van der Waals surface area contributed by atoms with Crippen LogP contribution >= 0.6 is 0 Å². The van der Waals surface area contributed by atoms with E-state index in [1.165, 1.54) is 22.4 Å². The molecule has 0 saturated carbocycles. The first kappa shape index (κ1) is 14.7. The molecule has 4 heteroatoms. The highest BCUT2D eigenvalue weighted by Crippen LogP contribution is 2.28. The molecule has 4 nitrogen and oxygen atoms in total. The lowest BCUT2D eigenvalue weighted by Crippen LogP contribution is -2.02. The van der Waals surface area contributed by atoms with Gasteiger partial charge in [-0.15, -0.1) is 0 Å². The molecule has 0 unspecified atom stereocenters. The average molecular weight is 316 g/mol. The van der Waals surface area contributed by atoms with Gasteiger partial charge in [-0.05, 0) is 51.0 Å². The number of imidazole rings is 1. The summed E-state index contributed by atoms with van der Waals surface area (Å²) in [5.74, 6) is 0.974. The van der Waals surface area contributed by atoms with Gasteiger partial charge >= 0.3 is 0 Å². The van der Waals surface area contributed by atoms with E-state index in [0.717, 1.165) is 22.7 Å². The number of aromatic nitrogens is 4. The first-order valence-electron chi connectivity index (χ1n) is 8.13. The monoisotopic (exact) mass is 316 g/mol. The molecule has 4 rings (SSSR count). The van der Waals surface area contributed by atoms with Crippen LogP contribution in [0.3, 0.4) is 0 Å². The van der Waals surface area contributed by atoms with Crippen LogP contribution in [-0.2, 0) is 0 Å². The van der Waals surface area contributed by atoms with Crippen molar-refractivity contribution in [3.05, 3.63) is 71.2 Å². The van der Waals surface area contributed by atoms with E-state index in [-0.39, 0.29) is 0 Å².